The van der Waals surface area contributed by atoms with Gasteiger partial charge in [0.25, 0.3) is 5.89 Å². The zero-order valence-electron chi connectivity index (χ0n) is 8.76. The molecule has 16 heavy (non-hydrogen) atoms. The summed E-state index contributed by atoms with van der Waals surface area (Å²) in [6.07, 6.45) is 2.79. The number of hydrogen-bond donors (Lipinski definition) is 1. The highest BCUT2D eigenvalue weighted by molar-refractivity contribution is 5.45. The fourth-order valence-corrected chi connectivity index (χ4v) is 1.87. The summed E-state index contributed by atoms with van der Waals surface area (Å²) >= 11 is 0. The molecule has 1 saturated heterocycles. The molecule has 1 N–H and O–H groups in total. The molecule has 2 aromatic heterocycles. The van der Waals surface area contributed by atoms with Crippen LogP contribution in [0.25, 0.3) is 11.6 Å². The highest BCUT2D eigenvalue weighted by atomic mass is 16.5. The average molecular weight is 216 g/mol. The quantitative estimate of drug-likeness (QED) is 0.817. The van der Waals surface area contributed by atoms with E-state index in [-0.39, 0.29) is 0 Å². The minimum atomic E-state index is 0.376. The van der Waals surface area contributed by atoms with Gasteiger partial charge < -0.3 is 9.84 Å². The fourth-order valence-electron chi connectivity index (χ4n) is 1.87. The van der Waals surface area contributed by atoms with E-state index in [9.17, 15) is 0 Å². The first-order valence-electron chi connectivity index (χ1n) is 5.39. The molecule has 0 aliphatic carbocycles. The molecule has 82 valence electrons. The number of hydrogen-bond acceptors (Lipinski definition) is 5. The van der Waals surface area contributed by atoms with E-state index in [4.69, 9.17) is 4.52 Å². The second-order valence-corrected chi connectivity index (χ2v) is 3.86. The predicted molar refractivity (Wildman–Crippen MR) is 57.8 cm³/mol. The zero-order valence-corrected chi connectivity index (χ0v) is 8.76. The van der Waals surface area contributed by atoms with Gasteiger partial charge in [0.15, 0.2) is 5.82 Å². The van der Waals surface area contributed by atoms with E-state index in [1.54, 1.807) is 6.20 Å². The summed E-state index contributed by atoms with van der Waals surface area (Å²) in [6.45, 7) is 1.96. The van der Waals surface area contributed by atoms with Gasteiger partial charge in [0, 0.05) is 18.7 Å². The maximum Gasteiger partial charge on any atom is 0.276 e. The smallest absolute Gasteiger partial charge is 0.276 e. The third kappa shape index (κ3) is 1.69. The highest BCUT2D eigenvalue weighted by Crippen LogP contribution is 2.22. The molecule has 1 aliphatic heterocycles. The van der Waals surface area contributed by atoms with E-state index in [1.165, 1.54) is 0 Å². The van der Waals surface area contributed by atoms with Crippen molar-refractivity contribution in [3.05, 3.63) is 30.2 Å². The lowest BCUT2D eigenvalue weighted by molar-refractivity contribution is 0.416. The normalized spacial score (nSPS) is 20.1. The Labute approximate surface area is 92.9 Å². The Bertz CT molecular complexity index is 462. The largest absolute Gasteiger partial charge is 0.332 e. The van der Waals surface area contributed by atoms with Crippen molar-refractivity contribution in [3.63, 3.8) is 0 Å². The van der Waals surface area contributed by atoms with Gasteiger partial charge in [-0.05, 0) is 25.1 Å². The number of rotatable bonds is 2. The minimum Gasteiger partial charge on any atom is -0.332 e. The molecular weight excluding hydrogens is 204 g/mol. The van der Waals surface area contributed by atoms with Crippen LogP contribution in [0.4, 0.5) is 0 Å². The van der Waals surface area contributed by atoms with Crippen LogP contribution in [-0.4, -0.2) is 28.2 Å². The van der Waals surface area contributed by atoms with Gasteiger partial charge in [0.1, 0.15) is 5.69 Å². The number of aromatic nitrogens is 3. The average Bonchev–Trinajstić information content (AvgIpc) is 3.01. The van der Waals surface area contributed by atoms with Crippen LogP contribution >= 0.6 is 0 Å². The van der Waals surface area contributed by atoms with E-state index in [0.29, 0.717) is 11.8 Å². The second-order valence-electron chi connectivity index (χ2n) is 3.86. The number of nitrogens with one attached hydrogen (secondary N) is 1. The summed E-state index contributed by atoms with van der Waals surface area (Å²) < 4.78 is 5.21. The van der Waals surface area contributed by atoms with Crippen LogP contribution in [0.15, 0.2) is 28.9 Å². The molecule has 3 heterocycles. The van der Waals surface area contributed by atoms with Crippen LogP contribution < -0.4 is 5.32 Å². The molecule has 1 fully saturated rings. The fraction of sp³-hybridized carbons (Fsp3) is 0.364. The van der Waals surface area contributed by atoms with Crippen molar-refractivity contribution in [3.8, 4) is 11.6 Å². The molecule has 1 atom stereocenters. The lowest BCUT2D eigenvalue weighted by Crippen LogP contribution is -2.08. The first-order valence-corrected chi connectivity index (χ1v) is 5.39. The number of pyridine rings is 1. The molecule has 0 amide bonds. The van der Waals surface area contributed by atoms with Crippen molar-refractivity contribution >= 4 is 0 Å². The molecule has 0 bridgehead atoms. The maximum atomic E-state index is 5.21. The van der Waals surface area contributed by atoms with E-state index in [2.05, 4.69) is 20.4 Å². The van der Waals surface area contributed by atoms with Crippen LogP contribution in [0.3, 0.4) is 0 Å². The van der Waals surface area contributed by atoms with Crippen molar-refractivity contribution in [2.45, 2.75) is 12.3 Å². The summed E-state index contributed by atoms with van der Waals surface area (Å²) in [6, 6.07) is 5.63. The zero-order chi connectivity index (χ0) is 10.8. The Morgan fingerprint density at radius 2 is 2.38 bits per heavy atom. The van der Waals surface area contributed by atoms with Gasteiger partial charge in [0.05, 0.1) is 0 Å². The van der Waals surface area contributed by atoms with Crippen molar-refractivity contribution in [1.29, 1.82) is 0 Å². The monoisotopic (exact) mass is 216 g/mol. The number of nitrogens with zero attached hydrogens (tertiary/aromatic N) is 3. The van der Waals surface area contributed by atoms with Gasteiger partial charge in [-0.15, -0.1) is 0 Å². The van der Waals surface area contributed by atoms with E-state index in [0.717, 1.165) is 31.0 Å². The molecule has 0 aromatic carbocycles. The van der Waals surface area contributed by atoms with E-state index in [1.807, 2.05) is 18.2 Å². The molecule has 0 unspecified atom stereocenters. The predicted octanol–water partition coefficient (Wildman–Crippen LogP) is 1.21. The standard InChI is InChI=1S/C11H12N4O/c1-2-5-13-9(3-1)11-14-10(15-16-11)8-4-6-12-7-8/h1-3,5,8,12H,4,6-7H2/t8-/m1/s1. The van der Waals surface area contributed by atoms with E-state index < -0.39 is 0 Å². The van der Waals surface area contributed by atoms with Crippen LogP contribution in [0.2, 0.25) is 0 Å². The first-order chi connectivity index (χ1) is 7.93. The molecular formula is C11H12N4O. The van der Waals surface area contributed by atoms with E-state index >= 15 is 0 Å². The first kappa shape index (κ1) is 9.47. The Morgan fingerprint density at radius 3 is 3.12 bits per heavy atom. The van der Waals surface area contributed by atoms with Crippen molar-refractivity contribution in [2.75, 3.05) is 13.1 Å². The van der Waals surface area contributed by atoms with Gasteiger partial charge in [-0.1, -0.05) is 11.2 Å². The lowest BCUT2D eigenvalue weighted by Gasteiger charge is -1.98. The van der Waals surface area contributed by atoms with Gasteiger partial charge in [-0.3, -0.25) is 4.98 Å². The summed E-state index contributed by atoms with van der Waals surface area (Å²) in [5.41, 5.74) is 0.729. The summed E-state index contributed by atoms with van der Waals surface area (Å²) in [5.74, 6) is 1.66. The molecule has 2 aromatic rings. The van der Waals surface area contributed by atoms with Crippen molar-refractivity contribution in [2.24, 2.45) is 0 Å². The Morgan fingerprint density at radius 1 is 1.38 bits per heavy atom. The van der Waals surface area contributed by atoms with Crippen LogP contribution in [0, 0.1) is 0 Å². The van der Waals surface area contributed by atoms with Gasteiger partial charge in [-0.25, -0.2) is 0 Å². The third-order valence-electron chi connectivity index (χ3n) is 2.75. The van der Waals surface area contributed by atoms with Crippen LogP contribution in [0.1, 0.15) is 18.2 Å². The van der Waals surface area contributed by atoms with Gasteiger partial charge in [0.2, 0.25) is 0 Å². The van der Waals surface area contributed by atoms with Gasteiger partial charge in [-0.2, -0.15) is 4.98 Å². The molecule has 5 nitrogen and oxygen atoms in total. The molecule has 5 heteroatoms. The minimum absolute atomic E-state index is 0.376. The summed E-state index contributed by atoms with van der Waals surface area (Å²) in [7, 11) is 0. The van der Waals surface area contributed by atoms with Gasteiger partial charge >= 0.3 is 0 Å². The van der Waals surface area contributed by atoms with Crippen LogP contribution in [-0.2, 0) is 0 Å². The molecule has 0 saturated carbocycles. The molecule has 3 rings (SSSR count). The SMILES string of the molecule is c1ccc(-c2nc([C@@H]3CCNC3)no2)nc1. The second kappa shape index (κ2) is 4.02. The molecule has 0 spiro atoms. The molecule has 0 radical (unpaired) electrons. The summed E-state index contributed by atoms with van der Waals surface area (Å²) in [5, 5.41) is 7.29. The highest BCUT2D eigenvalue weighted by Gasteiger charge is 2.22. The third-order valence-corrected chi connectivity index (χ3v) is 2.75. The lowest BCUT2D eigenvalue weighted by atomic mass is 10.1. The Hall–Kier alpha value is -1.75. The Balaban J connectivity index is 1.87. The summed E-state index contributed by atoms with van der Waals surface area (Å²) in [4.78, 5) is 8.56. The maximum absolute atomic E-state index is 5.21. The molecule has 1 aliphatic rings. The van der Waals surface area contributed by atoms with Crippen molar-refractivity contribution in [1.82, 2.24) is 20.4 Å². The van der Waals surface area contributed by atoms with Crippen LogP contribution in [0.5, 0.6) is 0 Å². The Kier molecular flexibility index (Phi) is 2.38. The topological polar surface area (TPSA) is 63.8 Å². The van der Waals surface area contributed by atoms with Crippen molar-refractivity contribution < 1.29 is 4.52 Å².